The first-order valence-corrected chi connectivity index (χ1v) is 5.22. The van der Waals surface area contributed by atoms with Gasteiger partial charge in [-0.2, -0.15) is 0 Å². The third-order valence-electron chi connectivity index (χ3n) is 2.73. The van der Waals surface area contributed by atoms with Gasteiger partial charge in [0.25, 0.3) is 5.69 Å². The minimum Gasteiger partial charge on any atom is -0.298 e. The van der Waals surface area contributed by atoms with Crippen LogP contribution in [0, 0.1) is 10.1 Å². The average Bonchev–Trinajstić information content (AvgIpc) is 2.35. The molecule has 0 unspecified atom stereocenters. The van der Waals surface area contributed by atoms with Gasteiger partial charge in [0.05, 0.1) is 10.3 Å². The van der Waals surface area contributed by atoms with E-state index in [4.69, 9.17) is 0 Å². The first-order chi connectivity index (χ1) is 8.56. The molecule has 2 aromatic carbocycles. The number of rotatable bonds is 3. The fraction of sp³-hybridized carbons (Fsp3) is 0.0769. The number of fused-ring (bicyclic) bond motifs is 1. The van der Waals surface area contributed by atoms with Gasteiger partial charge >= 0.3 is 0 Å². The molecular formula is C13H9NO4. The SMILES string of the molecule is CC(=O)c1c(C=O)ccc2cccc([N+](=O)[O-])c12. The lowest BCUT2D eigenvalue weighted by Crippen LogP contribution is -2.02. The zero-order chi connectivity index (χ0) is 13.3. The molecule has 0 saturated heterocycles. The largest absolute Gasteiger partial charge is 0.298 e. The summed E-state index contributed by atoms with van der Waals surface area (Å²) >= 11 is 0. The Labute approximate surface area is 102 Å². The van der Waals surface area contributed by atoms with E-state index >= 15 is 0 Å². The van der Waals surface area contributed by atoms with Gasteiger partial charge in [0.2, 0.25) is 0 Å². The van der Waals surface area contributed by atoms with E-state index in [9.17, 15) is 19.7 Å². The molecule has 2 aromatic rings. The zero-order valence-corrected chi connectivity index (χ0v) is 9.54. The van der Waals surface area contributed by atoms with E-state index in [1.807, 2.05) is 0 Å². The summed E-state index contributed by atoms with van der Waals surface area (Å²) in [5, 5.41) is 11.8. The Balaban J connectivity index is 3.02. The van der Waals surface area contributed by atoms with E-state index in [1.165, 1.54) is 19.1 Å². The molecule has 18 heavy (non-hydrogen) atoms. The molecule has 0 aliphatic rings. The lowest BCUT2D eigenvalue weighted by Gasteiger charge is -2.06. The lowest BCUT2D eigenvalue weighted by molar-refractivity contribution is -0.383. The predicted molar refractivity (Wildman–Crippen MR) is 66.0 cm³/mol. The maximum Gasteiger partial charge on any atom is 0.277 e. The average molecular weight is 243 g/mol. The first kappa shape index (κ1) is 11.9. The van der Waals surface area contributed by atoms with Crippen LogP contribution in [0.5, 0.6) is 0 Å². The van der Waals surface area contributed by atoms with E-state index in [-0.39, 0.29) is 28.0 Å². The van der Waals surface area contributed by atoms with Crippen molar-refractivity contribution < 1.29 is 14.5 Å². The van der Waals surface area contributed by atoms with Crippen molar-refractivity contribution in [2.24, 2.45) is 0 Å². The van der Waals surface area contributed by atoms with Crippen molar-refractivity contribution in [3.05, 3.63) is 51.6 Å². The Morgan fingerprint density at radius 3 is 2.56 bits per heavy atom. The minimum absolute atomic E-state index is 0.106. The standard InChI is InChI=1S/C13H9NO4/c1-8(16)12-10(7-15)6-5-9-3-2-4-11(13(9)12)14(17)18/h2-7H,1H3. The van der Waals surface area contributed by atoms with Gasteiger partial charge in [-0.05, 0) is 12.3 Å². The Kier molecular flexibility index (Phi) is 2.89. The Bertz CT molecular complexity index is 676. The van der Waals surface area contributed by atoms with Crippen molar-refractivity contribution in [2.75, 3.05) is 0 Å². The number of carbonyl (C=O) groups excluding carboxylic acids is 2. The van der Waals surface area contributed by atoms with Crippen LogP contribution in [-0.4, -0.2) is 17.0 Å². The Morgan fingerprint density at radius 1 is 1.28 bits per heavy atom. The number of carbonyl (C=O) groups is 2. The van der Waals surface area contributed by atoms with E-state index in [1.54, 1.807) is 18.2 Å². The molecule has 0 fully saturated rings. The number of nitro groups is 1. The number of benzene rings is 2. The number of ketones is 1. The predicted octanol–water partition coefficient (Wildman–Crippen LogP) is 2.76. The molecule has 0 heterocycles. The molecule has 2 rings (SSSR count). The van der Waals surface area contributed by atoms with E-state index in [0.29, 0.717) is 11.7 Å². The van der Waals surface area contributed by atoms with Gasteiger partial charge in [0, 0.05) is 17.2 Å². The van der Waals surface area contributed by atoms with Crippen LogP contribution in [0.3, 0.4) is 0 Å². The molecule has 0 amide bonds. The Morgan fingerprint density at radius 2 is 2.00 bits per heavy atom. The van der Waals surface area contributed by atoms with E-state index < -0.39 is 4.92 Å². The number of hydrogen-bond donors (Lipinski definition) is 0. The van der Waals surface area contributed by atoms with E-state index in [0.717, 1.165) is 0 Å². The fourth-order valence-corrected chi connectivity index (χ4v) is 2.01. The van der Waals surface area contributed by atoms with Gasteiger partial charge in [-0.25, -0.2) is 0 Å². The minimum atomic E-state index is -0.552. The molecule has 0 aliphatic carbocycles. The second kappa shape index (κ2) is 4.37. The van der Waals surface area contributed by atoms with Crippen LogP contribution < -0.4 is 0 Å². The number of hydrogen-bond acceptors (Lipinski definition) is 4. The maximum atomic E-state index is 11.6. The molecule has 0 radical (unpaired) electrons. The summed E-state index contributed by atoms with van der Waals surface area (Å²) in [5.41, 5.74) is 0.112. The lowest BCUT2D eigenvalue weighted by atomic mass is 9.96. The third kappa shape index (κ3) is 1.75. The van der Waals surface area contributed by atoms with Crippen molar-refractivity contribution in [2.45, 2.75) is 6.92 Å². The molecule has 0 atom stereocenters. The van der Waals surface area contributed by atoms with Crippen LogP contribution in [-0.2, 0) is 0 Å². The highest BCUT2D eigenvalue weighted by molar-refractivity contribution is 6.14. The second-order valence-corrected chi connectivity index (χ2v) is 3.84. The smallest absolute Gasteiger partial charge is 0.277 e. The molecule has 0 bridgehead atoms. The van der Waals surface area contributed by atoms with Gasteiger partial charge in [-0.15, -0.1) is 0 Å². The number of non-ortho nitro benzene ring substituents is 1. The van der Waals surface area contributed by atoms with Gasteiger partial charge in [0.1, 0.15) is 0 Å². The summed E-state index contributed by atoms with van der Waals surface area (Å²) < 4.78 is 0. The van der Waals surface area contributed by atoms with Gasteiger partial charge in [-0.1, -0.05) is 24.3 Å². The van der Waals surface area contributed by atoms with Gasteiger partial charge in [-0.3, -0.25) is 19.7 Å². The van der Waals surface area contributed by atoms with E-state index in [2.05, 4.69) is 0 Å². The molecule has 0 aliphatic heterocycles. The highest BCUT2D eigenvalue weighted by Gasteiger charge is 2.20. The normalized spacial score (nSPS) is 10.3. The number of nitro benzene ring substituents is 1. The van der Waals surface area contributed by atoms with Crippen molar-refractivity contribution in [3.8, 4) is 0 Å². The molecule has 0 saturated carbocycles. The zero-order valence-electron chi connectivity index (χ0n) is 9.54. The van der Waals surface area contributed by atoms with Crippen LogP contribution >= 0.6 is 0 Å². The third-order valence-corrected chi connectivity index (χ3v) is 2.73. The highest BCUT2D eigenvalue weighted by atomic mass is 16.6. The second-order valence-electron chi connectivity index (χ2n) is 3.84. The van der Waals surface area contributed by atoms with Gasteiger partial charge in [0.15, 0.2) is 12.1 Å². The molecule has 90 valence electrons. The monoisotopic (exact) mass is 243 g/mol. The van der Waals surface area contributed by atoms with Crippen LogP contribution in [0.15, 0.2) is 30.3 Å². The number of aldehydes is 1. The summed E-state index contributed by atoms with van der Waals surface area (Å²) in [6.07, 6.45) is 0.535. The topological polar surface area (TPSA) is 77.3 Å². The van der Waals surface area contributed by atoms with Crippen molar-refractivity contribution in [1.29, 1.82) is 0 Å². The molecule has 0 N–H and O–H groups in total. The van der Waals surface area contributed by atoms with Crippen molar-refractivity contribution >= 4 is 28.5 Å². The van der Waals surface area contributed by atoms with Crippen LogP contribution in [0.2, 0.25) is 0 Å². The van der Waals surface area contributed by atoms with Crippen molar-refractivity contribution in [1.82, 2.24) is 0 Å². The van der Waals surface area contributed by atoms with Gasteiger partial charge < -0.3 is 0 Å². The van der Waals surface area contributed by atoms with Crippen LogP contribution in [0.1, 0.15) is 27.6 Å². The molecule has 5 nitrogen and oxygen atoms in total. The quantitative estimate of drug-likeness (QED) is 0.359. The van der Waals surface area contributed by atoms with Crippen molar-refractivity contribution in [3.63, 3.8) is 0 Å². The first-order valence-electron chi connectivity index (χ1n) is 5.22. The summed E-state index contributed by atoms with van der Waals surface area (Å²) in [6, 6.07) is 7.63. The number of nitrogens with zero attached hydrogens (tertiary/aromatic N) is 1. The summed E-state index contributed by atoms with van der Waals surface area (Å²) in [6.45, 7) is 1.29. The molecule has 5 heteroatoms. The fourth-order valence-electron chi connectivity index (χ4n) is 2.01. The highest BCUT2D eigenvalue weighted by Crippen LogP contribution is 2.30. The summed E-state index contributed by atoms with van der Waals surface area (Å²) in [5.74, 6) is -0.364. The molecule has 0 aromatic heterocycles. The summed E-state index contributed by atoms with van der Waals surface area (Å²) in [4.78, 5) is 33.0. The summed E-state index contributed by atoms with van der Waals surface area (Å²) in [7, 11) is 0. The number of Topliss-reactive ketones (excluding diaryl/α,β-unsaturated/α-hetero) is 1. The maximum absolute atomic E-state index is 11.6. The van der Waals surface area contributed by atoms with Crippen LogP contribution in [0.25, 0.3) is 10.8 Å². The van der Waals surface area contributed by atoms with Crippen LogP contribution in [0.4, 0.5) is 5.69 Å². The molecule has 0 spiro atoms. The Hall–Kier alpha value is -2.56. The molecular weight excluding hydrogens is 234 g/mol.